The van der Waals surface area contributed by atoms with Crippen LogP contribution < -0.4 is 0 Å². The van der Waals surface area contributed by atoms with Gasteiger partial charge < -0.3 is 10.0 Å². The molecule has 0 aliphatic carbocycles. The number of aromatic nitrogens is 1. The lowest BCUT2D eigenvalue weighted by atomic mass is 10.1. The van der Waals surface area contributed by atoms with Crippen molar-refractivity contribution in [2.24, 2.45) is 5.92 Å². The molecule has 6 heteroatoms. The second-order valence-corrected chi connectivity index (χ2v) is 4.85. The fourth-order valence-electron chi connectivity index (χ4n) is 1.81. The standard InChI is InChI=1S/C11H11BrN2O3/c12-8-1-2-9(13-5-8)10(15)14-4-3-7(6-14)11(16)17/h1-2,5,7H,3-4,6H2,(H,16,17). The Morgan fingerprint density at radius 2 is 2.24 bits per heavy atom. The number of pyridine rings is 1. The summed E-state index contributed by atoms with van der Waals surface area (Å²) >= 11 is 3.24. The lowest BCUT2D eigenvalue weighted by Crippen LogP contribution is -2.30. The maximum absolute atomic E-state index is 12.0. The van der Waals surface area contributed by atoms with Gasteiger partial charge in [-0.2, -0.15) is 0 Å². The number of hydrogen-bond acceptors (Lipinski definition) is 3. The molecule has 1 unspecified atom stereocenters. The molecule has 1 amide bonds. The molecule has 1 aromatic rings. The fraction of sp³-hybridized carbons (Fsp3) is 0.364. The average molecular weight is 299 g/mol. The summed E-state index contributed by atoms with van der Waals surface area (Å²) in [6.07, 6.45) is 2.07. The zero-order valence-corrected chi connectivity index (χ0v) is 10.6. The first-order valence-electron chi connectivity index (χ1n) is 5.21. The SMILES string of the molecule is O=C(O)C1CCN(C(=O)c2ccc(Br)cn2)C1. The van der Waals surface area contributed by atoms with Crippen LogP contribution in [-0.4, -0.2) is 40.0 Å². The van der Waals surface area contributed by atoms with E-state index in [9.17, 15) is 9.59 Å². The van der Waals surface area contributed by atoms with Gasteiger partial charge in [-0.3, -0.25) is 9.59 Å². The third kappa shape index (κ3) is 2.63. The van der Waals surface area contributed by atoms with E-state index < -0.39 is 11.9 Å². The van der Waals surface area contributed by atoms with Crippen LogP contribution in [0.4, 0.5) is 0 Å². The molecule has 0 spiro atoms. The molecular formula is C11H11BrN2O3. The van der Waals surface area contributed by atoms with Gasteiger partial charge in [-0.25, -0.2) is 4.98 Å². The third-order valence-electron chi connectivity index (χ3n) is 2.77. The Balaban J connectivity index is 2.07. The highest BCUT2D eigenvalue weighted by molar-refractivity contribution is 9.10. The Morgan fingerprint density at radius 1 is 1.47 bits per heavy atom. The predicted molar refractivity (Wildman–Crippen MR) is 63.6 cm³/mol. The molecular weight excluding hydrogens is 288 g/mol. The van der Waals surface area contributed by atoms with Gasteiger partial charge in [0, 0.05) is 23.8 Å². The molecule has 2 heterocycles. The van der Waals surface area contributed by atoms with E-state index in [2.05, 4.69) is 20.9 Å². The van der Waals surface area contributed by atoms with Crippen molar-refractivity contribution in [2.45, 2.75) is 6.42 Å². The topological polar surface area (TPSA) is 70.5 Å². The minimum absolute atomic E-state index is 0.207. The second-order valence-electron chi connectivity index (χ2n) is 3.94. The Hall–Kier alpha value is -1.43. The number of carbonyl (C=O) groups is 2. The highest BCUT2D eigenvalue weighted by Crippen LogP contribution is 2.18. The van der Waals surface area contributed by atoms with E-state index in [0.717, 1.165) is 4.47 Å². The van der Waals surface area contributed by atoms with Gasteiger partial charge in [-0.15, -0.1) is 0 Å². The summed E-state index contributed by atoms with van der Waals surface area (Å²) in [4.78, 5) is 28.3. The van der Waals surface area contributed by atoms with Gasteiger partial charge in [0.2, 0.25) is 0 Å². The summed E-state index contributed by atoms with van der Waals surface area (Å²) < 4.78 is 0.805. The Morgan fingerprint density at radius 3 is 2.76 bits per heavy atom. The summed E-state index contributed by atoms with van der Waals surface area (Å²) in [5.41, 5.74) is 0.347. The lowest BCUT2D eigenvalue weighted by Gasteiger charge is -2.14. The van der Waals surface area contributed by atoms with E-state index in [4.69, 9.17) is 5.11 Å². The van der Waals surface area contributed by atoms with Crippen LogP contribution >= 0.6 is 15.9 Å². The molecule has 1 N–H and O–H groups in total. The molecule has 1 atom stereocenters. The zero-order valence-electron chi connectivity index (χ0n) is 8.97. The van der Waals surface area contributed by atoms with Crippen molar-refractivity contribution in [3.8, 4) is 0 Å². The summed E-state index contributed by atoms with van der Waals surface area (Å²) in [5.74, 6) is -1.50. The Bertz CT molecular complexity index is 447. The Kier molecular flexibility index (Phi) is 3.42. The number of halogens is 1. The first kappa shape index (κ1) is 12.0. The van der Waals surface area contributed by atoms with E-state index in [1.807, 2.05) is 0 Å². The smallest absolute Gasteiger partial charge is 0.308 e. The van der Waals surface area contributed by atoms with Gasteiger partial charge in [0.1, 0.15) is 5.69 Å². The van der Waals surface area contributed by atoms with E-state index in [1.165, 1.54) is 4.90 Å². The van der Waals surface area contributed by atoms with Crippen LogP contribution in [0.25, 0.3) is 0 Å². The number of likely N-dealkylation sites (tertiary alicyclic amines) is 1. The number of nitrogens with zero attached hydrogens (tertiary/aromatic N) is 2. The first-order valence-corrected chi connectivity index (χ1v) is 6.01. The van der Waals surface area contributed by atoms with Crippen molar-refractivity contribution in [3.63, 3.8) is 0 Å². The van der Waals surface area contributed by atoms with Gasteiger partial charge in [-0.05, 0) is 34.5 Å². The van der Waals surface area contributed by atoms with Gasteiger partial charge in [-0.1, -0.05) is 0 Å². The monoisotopic (exact) mass is 298 g/mol. The molecule has 0 saturated carbocycles. The van der Waals surface area contributed by atoms with Crippen molar-refractivity contribution in [1.82, 2.24) is 9.88 Å². The van der Waals surface area contributed by atoms with Gasteiger partial charge in [0.05, 0.1) is 5.92 Å². The average Bonchev–Trinajstić information content (AvgIpc) is 2.78. The van der Waals surface area contributed by atoms with Crippen molar-refractivity contribution in [1.29, 1.82) is 0 Å². The lowest BCUT2D eigenvalue weighted by molar-refractivity contribution is -0.141. The molecule has 2 rings (SSSR count). The molecule has 1 saturated heterocycles. The first-order chi connectivity index (χ1) is 8.08. The fourth-order valence-corrected chi connectivity index (χ4v) is 2.05. The normalized spacial score (nSPS) is 19.4. The van der Waals surface area contributed by atoms with Crippen molar-refractivity contribution in [2.75, 3.05) is 13.1 Å². The van der Waals surface area contributed by atoms with E-state index in [1.54, 1.807) is 18.3 Å². The maximum atomic E-state index is 12.0. The summed E-state index contributed by atoms with van der Waals surface area (Å²) in [6, 6.07) is 3.37. The third-order valence-corrected chi connectivity index (χ3v) is 3.24. The zero-order chi connectivity index (χ0) is 12.4. The van der Waals surface area contributed by atoms with Crippen LogP contribution in [0.3, 0.4) is 0 Å². The van der Waals surface area contributed by atoms with Crippen LogP contribution in [0.15, 0.2) is 22.8 Å². The maximum Gasteiger partial charge on any atom is 0.308 e. The predicted octanol–water partition coefficient (Wildman–Crippen LogP) is 1.39. The van der Waals surface area contributed by atoms with Crippen LogP contribution in [-0.2, 0) is 4.79 Å². The quantitative estimate of drug-likeness (QED) is 0.896. The molecule has 5 nitrogen and oxygen atoms in total. The molecule has 0 bridgehead atoms. The van der Waals surface area contributed by atoms with Gasteiger partial charge in [0.25, 0.3) is 5.91 Å². The van der Waals surface area contributed by atoms with Gasteiger partial charge >= 0.3 is 5.97 Å². The number of carboxylic acids is 1. The number of carboxylic acid groups (broad SMARTS) is 1. The van der Waals surface area contributed by atoms with E-state index >= 15 is 0 Å². The van der Waals surface area contributed by atoms with E-state index in [-0.39, 0.29) is 12.5 Å². The number of hydrogen-bond donors (Lipinski definition) is 1. The van der Waals surface area contributed by atoms with Crippen molar-refractivity contribution >= 4 is 27.8 Å². The molecule has 1 aliphatic rings. The molecule has 0 radical (unpaired) electrons. The molecule has 0 aromatic carbocycles. The summed E-state index contributed by atoms with van der Waals surface area (Å²) in [7, 11) is 0. The van der Waals surface area contributed by atoms with Crippen molar-refractivity contribution in [3.05, 3.63) is 28.5 Å². The minimum atomic E-state index is -0.843. The second kappa shape index (κ2) is 4.83. The van der Waals surface area contributed by atoms with Gasteiger partial charge in [0.15, 0.2) is 0 Å². The number of carbonyl (C=O) groups excluding carboxylic acids is 1. The molecule has 1 aromatic heterocycles. The molecule has 1 fully saturated rings. The van der Waals surface area contributed by atoms with Crippen LogP contribution in [0.1, 0.15) is 16.9 Å². The van der Waals surface area contributed by atoms with Crippen LogP contribution in [0.2, 0.25) is 0 Å². The highest BCUT2D eigenvalue weighted by atomic mass is 79.9. The number of amides is 1. The number of aliphatic carboxylic acids is 1. The Labute approximate surface area is 107 Å². The minimum Gasteiger partial charge on any atom is -0.481 e. The largest absolute Gasteiger partial charge is 0.481 e. The molecule has 90 valence electrons. The molecule has 17 heavy (non-hydrogen) atoms. The van der Waals surface area contributed by atoms with Crippen molar-refractivity contribution < 1.29 is 14.7 Å². The van der Waals surface area contributed by atoms with Crippen LogP contribution in [0.5, 0.6) is 0 Å². The summed E-state index contributed by atoms with van der Waals surface area (Å²) in [5, 5.41) is 8.86. The molecule has 1 aliphatic heterocycles. The van der Waals surface area contributed by atoms with E-state index in [0.29, 0.717) is 18.7 Å². The highest BCUT2D eigenvalue weighted by Gasteiger charge is 2.31. The number of rotatable bonds is 2. The van der Waals surface area contributed by atoms with Crippen LogP contribution in [0, 0.1) is 5.92 Å². The summed E-state index contributed by atoms with van der Waals surface area (Å²) in [6.45, 7) is 0.749.